The Balaban J connectivity index is 1.63. The molecule has 2 heterocycles. The Labute approximate surface area is 160 Å². The molecular weight excluding hydrogens is 388 g/mol. The fourth-order valence-corrected chi connectivity index (χ4v) is 5.50. The third-order valence-electron chi connectivity index (χ3n) is 4.74. The fourth-order valence-electron chi connectivity index (χ4n) is 3.23. The largest absolute Gasteiger partial charge is 0.419 e. The van der Waals surface area contributed by atoms with E-state index in [1.165, 1.54) is 29.8 Å². The first kappa shape index (κ1) is 18.3. The van der Waals surface area contributed by atoms with Gasteiger partial charge in [-0.25, -0.2) is 17.9 Å². The number of aromatic nitrogens is 1. The van der Waals surface area contributed by atoms with Gasteiger partial charge in [0.15, 0.2) is 5.58 Å². The highest BCUT2D eigenvalue weighted by atomic mass is 32.2. The van der Waals surface area contributed by atoms with Crippen LogP contribution in [0.15, 0.2) is 56.6 Å². The molecule has 1 atom stereocenters. The third-order valence-corrected chi connectivity index (χ3v) is 7.34. The predicted octanol–water partition coefficient (Wildman–Crippen LogP) is 1.54. The highest BCUT2D eigenvalue weighted by Crippen LogP contribution is 2.36. The zero-order valence-corrected chi connectivity index (χ0v) is 16.1. The van der Waals surface area contributed by atoms with Crippen molar-refractivity contribution in [3.63, 3.8) is 0 Å². The molecule has 2 N–H and O–H groups in total. The maximum absolute atomic E-state index is 12.7. The van der Waals surface area contributed by atoms with Gasteiger partial charge < -0.3 is 9.52 Å². The van der Waals surface area contributed by atoms with Crippen LogP contribution < -0.4 is 10.5 Å². The van der Waals surface area contributed by atoms with E-state index in [0.717, 1.165) is 16.9 Å². The highest BCUT2D eigenvalue weighted by Gasteiger charge is 2.36. The molecule has 142 valence electrons. The summed E-state index contributed by atoms with van der Waals surface area (Å²) in [5.74, 6) is 0.635. The smallest absolute Gasteiger partial charge is 0.408 e. The van der Waals surface area contributed by atoms with Crippen molar-refractivity contribution in [1.29, 1.82) is 0 Å². The molecule has 9 heteroatoms. The second-order valence-corrected chi connectivity index (χ2v) is 9.32. The Bertz CT molecular complexity index is 1180. The van der Waals surface area contributed by atoms with Crippen molar-refractivity contribution in [2.24, 2.45) is 7.05 Å². The first-order chi connectivity index (χ1) is 12.8. The molecule has 0 fully saturated rings. The Morgan fingerprint density at radius 1 is 1.30 bits per heavy atom. The number of oxazole rings is 1. The van der Waals surface area contributed by atoms with Crippen LogP contribution in [0.3, 0.4) is 0 Å². The molecule has 1 unspecified atom stereocenters. The van der Waals surface area contributed by atoms with Gasteiger partial charge in [-0.1, -0.05) is 24.3 Å². The molecule has 0 spiro atoms. The van der Waals surface area contributed by atoms with Gasteiger partial charge in [0, 0.05) is 25.1 Å². The van der Waals surface area contributed by atoms with Crippen LogP contribution in [-0.2, 0) is 28.4 Å². The molecule has 0 bridgehead atoms. The van der Waals surface area contributed by atoms with Gasteiger partial charge in [0.1, 0.15) is 5.60 Å². The van der Waals surface area contributed by atoms with Gasteiger partial charge in [-0.3, -0.25) is 4.57 Å². The molecule has 1 aliphatic rings. The Hall–Kier alpha value is -2.07. The molecule has 1 aromatic heterocycles. The number of aliphatic hydroxyl groups is 1. The molecular formula is C18H18N2O5S2. The molecule has 2 aromatic carbocycles. The zero-order chi connectivity index (χ0) is 19.2. The minimum Gasteiger partial charge on any atom is -0.408 e. The number of thioether (sulfide) groups is 1. The Morgan fingerprint density at radius 2 is 2.07 bits per heavy atom. The first-order valence-electron chi connectivity index (χ1n) is 8.28. The van der Waals surface area contributed by atoms with E-state index in [4.69, 9.17) is 4.42 Å². The summed E-state index contributed by atoms with van der Waals surface area (Å²) in [5.41, 5.74) is 1.18. The van der Waals surface area contributed by atoms with E-state index in [9.17, 15) is 18.3 Å². The van der Waals surface area contributed by atoms with Gasteiger partial charge in [0.05, 0.1) is 10.4 Å². The van der Waals surface area contributed by atoms with Crippen LogP contribution >= 0.6 is 11.8 Å². The molecule has 0 radical (unpaired) electrons. The molecule has 4 rings (SSSR count). The average molecular weight is 406 g/mol. The maximum atomic E-state index is 12.7. The summed E-state index contributed by atoms with van der Waals surface area (Å²) < 4.78 is 34.3. The lowest BCUT2D eigenvalue weighted by Gasteiger charge is -2.34. The fraction of sp³-hybridized carbons (Fsp3) is 0.278. The number of hydrogen-bond donors (Lipinski definition) is 2. The topological polar surface area (TPSA) is 102 Å². The molecule has 0 amide bonds. The molecule has 7 nitrogen and oxygen atoms in total. The maximum Gasteiger partial charge on any atom is 0.419 e. The van der Waals surface area contributed by atoms with Crippen molar-refractivity contribution in [1.82, 2.24) is 9.29 Å². The predicted molar refractivity (Wildman–Crippen MR) is 103 cm³/mol. The number of sulfonamides is 1. The molecule has 0 saturated carbocycles. The summed E-state index contributed by atoms with van der Waals surface area (Å²) in [6.45, 7) is -0.137. The third kappa shape index (κ3) is 3.20. The number of fused-ring (bicyclic) bond motifs is 2. The van der Waals surface area contributed by atoms with Crippen molar-refractivity contribution in [2.45, 2.75) is 16.2 Å². The second-order valence-electron chi connectivity index (χ2n) is 6.56. The number of aryl methyl sites for hydroxylation is 1. The van der Waals surface area contributed by atoms with Gasteiger partial charge in [-0.05, 0) is 29.3 Å². The summed E-state index contributed by atoms with van der Waals surface area (Å²) in [6.07, 6.45) is 0. The van der Waals surface area contributed by atoms with Crippen LogP contribution in [0.2, 0.25) is 0 Å². The normalized spacial score (nSPS) is 19.9. The van der Waals surface area contributed by atoms with E-state index in [1.807, 2.05) is 24.3 Å². The van der Waals surface area contributed by atoms with Crippen molar-refractivity contribution in [2.75, 3.05) is 12.3 Å². The molecule has 0 aliphatic carbocycles. The van der Waals surface area contributed by atoms with Crippen molar-refractivity contribution in [3.8, 4) is 0 Å². The Morgan fingerprint density at radius 3 is 2.89 bits per heavy atom. The quantitative estimate of drug-likeness (QED) is 0.682. The lowest BCUT2D eigenvalue weighted by molar-refractivity contribution is 0.0659. The average Bonchev–Trinajstić information content (AvgIpc) is 2.94. The summed E-state index contributed by atoms with van der Waals surface area (Å²) in [6, 6.07) is 11.7. The van der Waals surface area contributed by atoms with E-state index < -0.39 is 21.4 Å². The van der Waals surface area contributed by atoms with Gasteiger partial charge >= 0.3 is 5.76 Å². The van der Waals surface area contributed by atoms with Gasteiger partial charge in [-0.2, -0.15) is 11.8 Å². The number of hydrogen-bond acceptors (Lipinski definition) is 6. The zero-order valence-electron chi connectivity index (χ0n) is 14.5. The van der Waals surface area contributed by atoms with Crippen LogP contribution in [0, 0.1) is 0 Å². The second kappa shape index (κ2) is 6.52. The summed E-state index contributed by atoms with van der Waals surface area (Å²) in [7, 11) is -2.36. The number of benzene rings is 2. The standard InChI is InChI=1S/C18H18N2O5S2/c1-20-15-8-13(6-7-16(15)25-17(20)21)27(23,24)19-10-18(22)11-26-9-12-4-2-3-5-14(12)18/h2-8,19,22H,9-11H2,1H3. The van der Waals surface area contributed by atoms with E-state index in [2.05, 4.69) is 4.72 Å². The summed E-state index contributed by atoms with van der Waals surface area (Å²) in [4.78, 5) is 11.6. The van der Waals surface area contributed by atoms with Crippen LogP contribution in [-0.4, -0.2) is 30.4 Å². The Kier molecular flexibility index (Phi) is 4.42. The number of nitrogens with zero attached hydrogens (tertiary/aromatic N) is 1. The van der Waals surface area contributed by atoms with E-state index in [0.29, 0.717) is 16.9 Å². The van der Waals surface area contributed by atoms with Gasteiger partial charge in [0.2, 0.25) is 10.0 Å². The lowest BCUT2D eigenvalue weighted by Crippen LogP contribution is -2.44. The first-order valence-corrected chi connectivity index (χ1v) is 10.9. The molecule has 1 aliphatic heterocycles. The van der Waals surface area contributed by atoms with Crippen LogP contribution in [0.5, 0.6) is 0 Å². The monoisotopic (exact) mass is 406 g/mol. The molecule has 0 saturated heterocycles. The summed E-state index contributed by atoms with van der Waals surface area (Å²) in [5, 5.41) is 11.0. The minimum atomic E-state index is -3.88. The van der Waals surface area contributed by atoms with Crippen molar-refractivity contribution < 1.29 is 17.9 Å². The van der Waals surface area contributed by atoms with E-state index >= 15 is 0 Å². The lowest BCUT2D eigenvalue weighted by atomic mass is 9.91. The van der Waals surface area contributed by atoms with Crippen molar-refractivity contribution >= 4 is 32.9 Å². The highest BCUT2D eigenvalue weighted by molar-refractivity contribution is 7.98. The molecule has 27 heavy (non-hydrogen) atoms. The van der Waals surface area contributed by atoms with Crippen LogP contribution in [0.25, 0.3) is 11.1 Å². The SMILES string of the molecule is Cn1c(=O)oc2ccc(S(=O)(=O)NCC3(O)CSCc4ccccc43)cc21. The van der Waals surface area contributed by atoms with Crippen molar-refractivity contribution in [3.05, 3.63) is 64.1 Å². The number of nitrogens with one attached hydrogen (secondary N) is 1. The summed E-state index contributed by atoms with van der Waals surface area (Å²) >= 11 is 1.56. The minimum absolute atomic E-state index is 0.00625. The van der Waals surface area contributed by atoms with Crippen LogP contribution in [0.1, 0.15) is 11.1 Å². The number of rotatable bonds is 4. The van der Waals surface area contributed by atoms with E-state index in [1.54, 1.807) is 11.8 Å². The molecule has 3 aromatic rings. The van der Waals surface area contributed by atoms with Gasteiger partial charge in [-0.15, -0.1) is 0 Å². The van der Waals surface area contributed by atoms with E-state index in [-0.39, 0.29) is 11.4 Å². The van der Waals surface area contributed by atoms with Crippen LogP contribution in [0.4, 0.5) is 0 Å². The van der Waals surface area contributed by atoms with Gasteiger partial charge in [0.25, 0.3) is 0 Å².